The average Bonchev–Trinajstić information content (AvgIpc) is 2.61. The van der Waals surface area contributed by atoms with E-state index in [0.29, 0.717) is 13.0 Å². The smallest absolute Gasteiger partial charge is 0.407 e. The quantitative estimate of drug-likeness (QED) is 0.541. The third kappa shape index (κ3) is 12.8. The molecule has 7 heteroatoms. The molecule has 0 aromatic heterocycles. The summed E-state index contributed by atoms with van der Waals surface area (Å²) < 4.78 is 10.7. The number of carbonyl (C=O) groups is 3. The lowest BCUT2D eigenvalue weighted by Gasteiger charge is -2.28. The van der Waals surface area contributed by atoms with Crippen LogP contribution in [0.2, 0.25) is 0 Å². The van der Waals surface area contributed by atoms with E-state index >= 15 is 0 Å². The van der Waals surface area contributed by atoms with Gasteiger partial charge in [0, 0.05) is 12.6 Å². The van der Waals surface area contributed by atoms with Crippen molar-refractivity contribution in [3.63, 3.8) is 0 Å². The Morgan fingerprint density at radius 2 is 1.61 bits per heavy atom. The van der Waals surface area contributed by atoms with Crippen LogP contribution < -0.4 is 10.6 Å². The molecule has 1 rings (SSSR count). The van der Waals surface area contributed by atoms with Crippen LogP contribution in [-0.4, -0.2) is 42.1 Å². The van der Waals surface area contributed by atoms with Crippen LogP contribution in [0.15, 0.2) is 30.3 Å². The van der Waals surface area contributed by atoms with E-state index in [4.69, 9.17) is 9.47 Å². The molecule has 1 amide bonds. The van der Waals surface area contributed by atoms with E-state index in [9.17, 15) is 14.4 Å². The predicted molar refractivity (Wildman–Crippen MR) is 121 cm³/mol. The second-order valence-electron chi connectivity index (χ2n) is 10.0. The maximum absolute atomic E-state index is 12.3. The Bertz CT molecular complexity index is 720. The Morgan fingerprint density at radius 3 is 2.13 bits per heavy atom. The number of Topliss-reactive ketones (excluding diaryl/α,β-unsaturated/α-hetero) is 1. The molecule has 174 valence electrons. The maximum Gasteiger partial charge on any atom is 0.407 e. The molecule has 0 unspecified atom stereocenters. The van der Waals surface area contributed by atoms with E-state index < -0.39 is 23.7 Å². The van der Waals surface area contributed by atoms with Crippen LogP contribution in [0.3, 0.4) is 0 Å². The first-order valence-electron chi connectivity index (χ1n) is 10.7. The van der Waals surface area contributed by atoms with Crippen molar-refractivity contribution in [3.05, 3.63) is 35.9 Å². The lowest BCUT2D eigenvalue weighted by atomic mass is 9.88. The lowest BCUT2D eigenvalue weighted by molar-refractivity contribution is -0.156. The first-order valence-corrected chi connectivity index (χ1v) is 10.7. The molecule has 0 bridgehead atoms. The third-order valence-electron chi connectivity index (χ3n) is 4.29. The first kappa shape index (κ1) is 26.6. The molecule has 1 aromatic rings. The zero-order valence-corrected chi connectivity index (χ0v) is 19.9. The summed E-state index contributed by atoms with van der Waals surface area (Å²) in [6.07, 6.45) is 0.0801. The minimum absolute atomic E-state index is 0.0596. The van der Waals surface area contributed by atoms with Crippen LogP contribution in [-0.2, 0) is 25.7 Å². The SMILES string of the molecule is CC(=O)[C@H](CC(=O)OC(C)(C)C)NC[C@H](CC(C)(C)C)NC(=O)OCc1ccccc1. The highest BCUT2D eigenvalue weighted by Gasteiger charge is 2.26. The number of hydrogen-bond acceptors (Lipinski definition) is 6. The monoisotopic (exact) mass is 434 g/mol. The van der Waals surface area contributed by atoms with Gasteiger partial charge in [0.2, 0.25) is 0 Å². The van der Waals surface area contributed by atoms with E-state index in [1.807, 2.05) is 30.3 Å². The second kappa shape index (κ2) is 11.8. The van der Waals surface area contributed by atoms with E-state index in [0.717, 1.165) is 5.56 Å². The highest BCUT2D eigenvalue weighted by atomic mass is 16.6. The van der Waals surface area contributed by atoms with E-state index in [-0.39, 0.29) is 30.3 Å². The summed E-state index contributed by atoms with van der Waals surface area (Å²) in [5.74, 6) is -0.602. The summed E-state index contributed by atoms with van der Waals surface area (Å²) in [4.78, 5) is 36.5. The Kier molecular flexibility index (Phi) is 10.2. The van der Waals surface area contributed by atoms with Crippen molar-refractivity contribution in [1.29, 1.82) is 0 Å². The largest absolute Gasteiger partial charge is 0.460 e. The predicted octanol–water partition coefficient (Wildman–Crippen LogP) is 4.00. The summed E-state index contributed by atoms with van der Waals surface area (Å²) in [6.45, 7) is 13.5. The molecular weight excluding hydrogens is 396 g/mol. The zero-order valence-electron chi connectivity index (χ0n) is 19.9. The van der Waals surface area contributed by atoms with Crippen LogP contribution in [0.5, 0.6) is 0 Å². The van der Waals surface area contributed by atoms with Gasteiger partial charge in [-0.25, -0.2) is 4.79 Å². The molecule has 2 atom stereocenters. The van der Waals surface area contributed by atoms with Gasteiger partial charge in [0.05, 0.1) is 12.5 Å². The molecule has 0 radical (unpaired) electrons. The van der Waals surface area contributed by atoms with Crippen LogP contribution in [0.25, 0.3) is 0 Å². The lowest BCUT2D eigenvalue weighted by Crippen LogP contribution is -2.49. The molecule has 0 fully saturated rings. The summed E-state index contributed by atoms with van der Waals surface area (Å²) in [7, 11) is 0. The van der Waals surface area contributed by atoms with Crippen LogP contribution in [0, 0.1) is 5.41 Å². The Hall–Kier alpha value is -2.41. The standard InChI is InChI=1S/C24H38N2O5/c1-17(27)20(13-21(28)31-24(5,6)7)25-15-19(14-23(2,3)4)26-22(29)30-16-18-11-9-8-10-12-18/h8-12,19-20,25H,13-16H2,1-7H3,(H,26,29)/t19-,20-/m0/s1. The van der Waals surface area contributed by atoms with Crippen molar-refractivity contribution in [3.8, 4) is 0 Å². The molecule has 7 nitrogen and oxygen atoms in total. The zero-order chi connectivity index (χ0) is 23.7. The summed E-state index contributed by atoms with van der Waals surface area (Å²) in [5, 5.41) is 6.00. The van der Waals surface area contributed by atoms with Crippen molar-refractivity contribution in [1.82, 2.24) is 10.6 Å². The third-order valence-corrected chi connectivity index (χ3v) is 4.29. The van der Waals surface area contributed by atoms with Gasteiger partial charge in [0.15, 0.2) is 0 Å². The van der Waals surface area contributed by atoms with Crippen molar-refractivity contribution < 1.29 is 23.9 Å². The van der Waals surface area contributed by atoms with Crippen molar-refractivity contribution in [2.75, 3.05) is 6.54 Å². The van der Waals surface area contributed by atoms with E-state index in [1.165, 1.54) is 6.92 Å². The van der Waals surface area contributed by atoms with Gasteiger partial charge in [-0.05, 0) is 45.1 Å². The minimum atomic E-state index is -0.681. The number of hydrogen-bond donors (Lipinski definition) is 2. The number of benzene rings is 1. The minimum Gasteiger partial charge on any atom is -0.460 e. The van der Waals surface area contributed by atoms with Gasteiger partial charge in [-0.15, -0.1) is 0 Å². The molecule has 0 saturated carbocycles. The van der Waals surface area contributed by atoms with Crippen LogP contribution in [0.4, 0.5) is 4.79 Å². The van der Waals surface area contributed by atoms with Gasteiger partial charge in [0.25, 0.3) is 0 Å². The molecule has 0 heterocycles. The Morgan fingerprint density at radius 1 is 1.00 bits per heavy atom. The molecule has 0 saturated heterocycles. The van der Waals surface area contributed by atoms with E-state index in [2.05, 4.69) is 31.4 Å². The number of alkyl carbamates (subject to hydrolysis) is 1. The van der Waals surface area contributed by atoms with Crippen LogP contribution >= 0.6 is 0 Å². The Labute approximate surface area is 186 Å². The number of ketones is 1. The Balaban J connectivity index is 2.68. The van der Waals surface area contributed by atoms with Crippen molar-refractivity contribution in [2.45, 2.75) is 85.6 Å². The van der Waals surface area contributed by atoms with Crippen molar-refractivity contribution >= 4 is 17.8 Å². The molecule has 2 N–H and O–H groups in total. The van der Waals surface area contributed by atoms with Crippen molar-refractivity contribution in [2.24, 2.45) is 5.41 Å². The molecule has 0 spiro atoms. The fourth-order valence-corrected chi connectivity index (χ4v) is 3.04. The van der Waals surface area contributed by atoms with E-state index in [1.54, 1.807) is 20.8 Å². The number of rotatable bonds is 10. The summed E-state index contributed by atoms with van der Waals surface area (Å²) >= 11 is 0. The van der Waals surface area contributed by atoms with Gasteiger partial charge in [0.1, 0.15) is 18.0 Å². The number of carbonyl (C=O) groups excluding carboxylic acids is 3. The molecule has 1 aromatic carbocycles. The highest BCUT2D eigenvalue weighted by molar-refractivity contribution is 5.86. The average molecular weight is 435 g/mol. The summed E-state index contributed by atoms with van der Waals surface area (Å²) in [6, 6.07) is 8.48. The molecule has 0 aliphatic carbocycles. The fourth-order valence-electron chi connectivity index (χ4n) is 3.04. The van der Waals surface area contributed by atoms with Gasteiger partial charge in [-0.2, -0.15) is 0 Å². The summed E-state index contributed by atoms with van der Waals surface area (Å²) in [5.41, 5.74) is 0.227. The second-order valence-corrected chi connectivity index (χ2v) is 10.0. The maximum atomic E-state index is 12.3. The highest BCUT2D eigenvalue weighted by Crippen LogP contribution is 2.21. The van der Waals surface area contributed by atoms with Gasteiger partial charge >= 0.3 is 12.1 Å². The van der Waals surface area contributed by atoms with Gasteiger partial charge in [-0.3, -0.25) is 9.59 Å². The number of esters is 1. The number of nitrogens with one attached hydrogen (secondary N) is 2. The van der Waals surface area contributed by atoms with Gasteiger partial charge < -0.3 is 20.1 Å². The topological polar surface area (TPSA) is 93.7 Å². The molecule has 0 aliphatic heterocycles. The molecule has 0 aliphatic rings. The molecular formula is C24H38N2O5. The van der Waals surface area contributed by atoms with Gasteiger partial charge in [-0.1, -0.05) is 51.1 Å². The fraction of sp³-hybridized carbons (Fsp3) is 0.625. The number of ether oxygens (including phenoxy) is 2. The number of amides is 1. The first-order chi connectivity index (χ1) is 14.2. The normalized spacial score (nSPS) is 13.8. The molecule has 31 heavy (non-hydrogen) atoms. The van der Waals surface area contributed by atoms with Crippen LogP contribution in [0.1, 0.15) is 66.9 Å².